The fraction of sp³-hybridized carbons (Fsp3) is 0.733. The van der Waals surface area contributed by atoms with Crippen LogP contribution in [0.2, 0.25) is 0 Å². The molecule has 0 spiro atoms. The Morgan fingerprint density at radius 3 is 2.26 bits per heavy atom. The van der Waals surface area contributed by atoms with Gasteiger partial charge in [0.05, 0.1) is 30.8 Å². The first kappa shape index (κ1) is 14.7. The molecular formula is C15H24O4. The molecule has 0 aromatic carbocycles. The molecular weight excluding hydrogens is 244 g/mol. The average molecular weight is 268 g/mol. The first-order valence-corrected chi connectivity index (χ1v) is 6.71. The summed E-state index contributed by atoms with van der Waals surface area (Å²) in [6, 6.07) is 0. The van der Waals surface area contributed by atoms with E-state index in [1.54, 1.807) is 21.3 Å². The van der Waals surface area contributed by atoms with Gasteiger partial charge in [-0.3, -0.25) is 0 Å². The molecule has 4 heteroatoms. The van der Waals surface area contributed by atoms with Crippen LogP contribution in [0.15, 0.2) is 24.3 Å². The highest BCUT2D eigenvalue weighted by Crippen LogP contribution is 2.55. The first-order chi connectivity index (χ1) is 9.16. The Labute approximate surface area is 115 Å². The van der Waals surface area contributed by atoms with Crippen molar-refractivity contribution in [1.82, 2.24) is 0 Å². The zero-order valence-corrected chi connectivity index (χ0v) is 12.0. The van der Waals surface area contributed by atoms with Crippen LogP contribution in [-0.4, -0.2) is 51.9 Å². The summed E-state index contributed by atoms with van der Waals surface area (Å²) >= 11 is 0. The van der Waals surface area contributed by atoms with Gasteiger partial charge in [-0.25, -0.2) is 0 Å². The molecule has 0 amide bonds. The van der Waals surface area contributed by atoms with Gasteiger partial charge in [0.2, 0.25) is 0 Å². The highest BCUT2D eigenvalue weighted by Gasteiger charge is 2.60. The van der Waals surface area contributed by atoms with E-state index in [9.17, 15) is 5.11 Å². The highest BCUT2D eigenvalue weighted by atomic mass is 16.5. The Balaban J connectivity index is 2.54. The maximum Gasteiger partial charge on any atom is 0.0721 e. The van der Waals surface area contributed by atoms with E-state index >= 15 is 0 Å². The van der Waals surface area contributed by atoms with Crippen LogP contribution in [0.4, 0.5) is 0 Å². The Bertz CT molecular complexity index is 365. The molecule has 0 bridgehead atoms. The molecule has 19 heavy (non-hydrogen) atoms. The van der Waals surface area contributed by atoms with Gasteiger partial charge in [0, 0.05) is 26.7 Å². The number of aliphatic hydroxyl groups is 1. The lowest BCUT2D eigenvalue weighted by atomic mass is 9.52. The predicted molar refractivity (Wildman–Crippen MR) is 72.9 cm³/mol. The van der Waals surface area contributed by atoms with Gasteiger partial charge in [-0.15, -0.1) is 0 Å². The van der Waals surface area contributed by atoms with Gasteiger partial charge in [0.25, 0.3) is 0 Å². The summed E-state index contributed by atoms with van der Waals surface area (Å²) in [4.78, 5) is 0. The highest BCUT2D eigenvalue weighted by molar-refractivity contribution is 5.29. The standard InChI is InChI=1S/C15H24O4/c1-17-10-14-8-4-6-12(16)15(14,11-18-2)13(19-3)7-5-9-14/h4-5,8-9,12-13,16H,6-7,10-11H2,1-3H3/t12-,13+,14-,15+/m0/s1. The summed E-state index contributed by atoms with van der Waals surface area (Å²) in [6.45, 7) is 0.963. The molecule has 0 saturated carbocycles. The molecule has 0 heterocycles. The van der Waals surface area contributed by atoms with E-state index in [4.69, 9.17) is 14.2 Å². The summed E-state index contributed by atoms with van der Waals surface area (Å²) in [6.07, 6.45) is 9.27. The van der Waals surface area contributed by atoms with Crippen LogP contribution in [0.3, 0.4) is 0 Å². The van der Waals surface area contributed by atoms with E-state index in [1.807, 2.05) is 6.08 Å². The van der Waals surface area contributed by atoms with Gasteiger partial charge >= 0.3 is 0 Å². The van der Waals surface area contributed by atoms with E-state index in [1.165, 1.54) is 0 Å². The molecule has 0 aromatic heterocycles. The second-order valence-corrected chi connectivity index (χ2v) is 5.46. The zero-order chi connectivity index (χ0) is 13.9. The van der Waals surface area contributed by atoms with Gasteiger partial charge in [-0.2, -0.15) is 0 Å². The fourth-order valence-corrected chi connectivity index (χ4v) is 3.76. The summed E-state index contributed by atoms with van der Waals surface area (Å²) in [5.41, 5.74) is -0.857. The molecule has 1 N–H and O–H groups in total. The number of methoxy groups -OCH3 is 3. The molecule has 2 aliphatic rings. The largest absolute Gasteiger partial charge is 0.392 e. The average Bonchev–Trinajstić information content (AvgIpc) is 2.40. The molecule has 0 saturated heterocycles. The van der Waals surface area contributed by atoms with Crippen molar-refractivity contribution in [2.75, 3.05) is 34.5 Å². The molecule has 4 nitrogen and oxygen atoms in total. The number of aliphatic hydroxyl groups excluding tert-OH is 1. The Hall–Kier alpha value is -0.680. The third-order valence-corrected chi connectivity index (χ3v) is 4.63. The van der Waals surface area contributed by atoms with Crippen LogP contribution in [-0.2, 0) is 14.2 Å². The minimum Gasteiger partial charge on any atom is -0.392 e. The van der Waals surface area contributed by atoms with Crippen molar-refractivity contribution in [3.05, 3.63) is 24.3 Å². The monoisotopic (exact) mass is 268 g/mol. The maximum atomic E-state index is 10.7. The Morgan fingerprint density at radius 1 is 1.05 bits per heavy atom. The van der Waals surface area contributed by atoms with Crippen molar-refractivity contribution >= 4 is 0 Å². The smallest absolute Gasteiger partial charge is 0.0721 e. The minimum absolute atomic E-state index is 0.0763. The molecule has 2 aliphatic carbocycles. The van der Waals surface area contributed by atoms with Gasteiger partial charge < -0.3 is 19.3 Å². The van der Waals surface area contributed by atoms with E-state index < -0.39 is 11.5 Å². The van der Waals surface area contributed by atoms with Crippen LogP contribution in [0.5, 0.6) is 0 Å². The lowest BCUT2D eigenvalue weighted by molar-refractivity contribution is -0.180. The quantitative estimate of drug-likeness (QED) is 0.769. The van der Waals surface area contributed by atoms with E-state index in [-0.39, 0.29) is 11.5 Å². The van der Waals surface area contributed by atoms with Crippen LogP contribution in [0, 0.1) is 10.8 Å². The third-order valence-electron chi connectivity index (χ3n) is 4.63. The molecule has 0 aromatic rings. The van der Waals surface area contributed by atoms with Crippen LogP contribution in [0.25, 0.3) is 0 Å². The summed E-state index contributed by atoms with van der Waals surface area (Å²) < 4.78 is 16.6. The normalized spacial score (nSPS) is 41.3. The Kier molecular flexibility index (Phi) is 4.46. The summed E-state index contributed by atoms with van der Waals surface area (Å²) in [5, 5.41) is 10.7. The topological polar surface area (TPSA) is 47.9 Å². The van der Waals surface area contributed by atoms with Crippen molar-refractivity contribution in [1.29, 1.82) is 0 Å². The second kappa shape index (κ2) is 5.75. The molecule has 108 valence electrons. The molecule has 0 radical (unpaired) electrons. The number of ether oxygens (including phenoxy) is 3. The van der Waals surface area contributed by atoms with Crippen LogP contribution >= 0.6 is 0 Å². The van der Waals surface area contributed by atoms with Gasteiger partial charge in [-0.05, 0) is 12.8 Å². The van der Waals surface area contributed by atoms with Gasteiger partial charge in [0.1, 0.15) is 0 Å². The van der Waals surface area contributed by atoms with E-state index in [0.29, 0.717) is 19.6 Å². The number of hydrogen-bond donors (Lipinski definition) is 1. The van der Waals surface area contributed by atoms with Crippen molar-refractivity contribution in [2.24, 2.45) is 10.8 Å². The fourth-order valence-electron chi connectivity index (χ4n) is 3.76. The SMILES string of the molecule is COC[C@@]12C=CC[C@H](O)[C@]1(COC)[C@H](OC)CC=C2. The van der Waals surface area contributed by atoms with Crippen molar-refractivity contribution in [3.63, 3.8) is 0 Å². The molecule has 4 atom stereocenters. The zero-order valence-electron chi connectivity index (χ0n) is 12.0. The van der Waals surface area contributed by atoms with E-state index in [2.05, 4.69) is 18.2 Å². The summed E-state index contributed by atoms with van der Waals surface area (Å²) in [7, 11) is 5.05. The number of fused-ring (bicyclic) bond motifs is 1. The lowest BCUT2D eigenvalue weighted by Gasteiger charge is -2.56. The number of hydrogen-bond acceptors (Lipinski definition) is 4. The van der Waals surface area contributed by atoms with Crippen molar-refractivity contribution < 1.29 is 19.3 Å². The van der Waals surface area contributed by atoms with Crippen LogP contribution < -0.4 is 0 Å². The van der Waals surface area contributed by atoms with Gasteiger partial charge in [-0.1, -0.05) is 24.3 Å². The molecule has 2 rings (SSSR count). The number of rotatable bonds is 5. The minimum atomic E-state index is -0.498. The second-order valence-electron chi connectivity index (χ2n) is 5.46. The van der Waals surface area contributed by atoms with Crippen LogP contribution in [0.1, 0.15) is 12.8 Å². The van der Waals surface area contributed by atoms with Gasteiger partial charge in [0.15, 0.2) is 0 Å². The molecule has 0 unspecified atom stereocenters. The third kappa shape index (κ3) is 2.07. The maximum absolute atomic E-state index is 10.7. The van der Waals surface area contributed by atoms with Crippen molar-refractivity contribution in [2.45, 2.75) is 25.0 Å². The van der Waals surface area contributed by atoms with Crippen molar-refractivity contribution in [3.8, 4) is 0 Å². The lowest BCUT2D eigenvalue weighted by Crippen LogP contribution is -2.62. The Morgan fingerprint density at radius 2 is 1.68 bits per heavy atom. The summed E-state index contributed by atoms with van der Waals surface area (Å²) in [5.74, 6) is 0. The van der Waals surface area contributed by atoms with E-state index in [0.717, 1.165) is 6.42 Å². The molecule has 0 aliphatic heterocycles. The predicted octanol–water partition coefficient (Wildman–Crippen LogP) is 1.55. The molecule has 0 fully saturated rings. The first-order valence-electron chi connectivity index (χ1n) is 6.71.